The predicted octanol–water partition coefficient (Wildman–Crippen LogP) is 1.87. The van der Waals surface area contributed by atoms with E-state index in [1.807, 2.05) is 0 Å². The number of ether oxygens (including phenoxy) is 1. The van der Waals surface area contributed by atoms with Gasteiger partial charge < -0.3 is 10.1 Å². The van der Waals surface area contributed by atoms with E-state index in [0.29, 0.717) is 13.2 Å². The Morgan fingerprint density at radius 1 is 1.48 bits per heavy atom. The summed E-state index contributed by atoms with van der Waals surface area (Å²) in [5.74, 6) is -0.203. The summed E-state index contributed by atoms with van der Waals surface area (Å²) in [5.41, 5.74) is 0.937. The van der Waals surface area contributed by atoms with Gasteiger partial charge in [0.25, 0.3) is 0 Å². The van der Waals surface area contributed by atoms with Crippen molar-refractivity contribution in [2.45, 2.75) is 25.5 Å². The number of amides is 1. The minimum absolute atomic E-state index is 0.111. The molecule has 1 aromatic carbocycles. The van der Waals surface area contributed by atoms with Crippen LogP contribution in [0.2, 0.25) is 0 Å². The van der Waals surface area contributed by atoms with E-state index >= 15 is 0 Å². The van der Waals surface area contributed by atoms with Crippen molar-refractivity contribution in [1.82, 2.24) is 20.1 Å². The molecule has 23 heavy (non-hydrogen) atoms. The fraction of sp³-hybridized carbons (Fsp3) is 0.438. The van der Waals surface area contributed by atoms with Crippen molar-refractivity contribution in [3.63, 3.8) is 0 Å². The van der Waals surface area contributed by atoms with Crippen molar-refractivity contribution < 1.29 is 13.9 Å². The van der Waals surface area contributed by atoms with Crippen LogP contribution in [0.4, 0.5) is 4.39 Å². The highest BCUT2D eigenvalue weighted by Crippen LogP contribution is 2.34. The third kappa shape index (κ3) is 3.56. The van der Waals surface area contributed by atoms with E-state index in [2.05, 4.69) is 15.4 Å². The first kappa shape index (κ1) is 15.6. The van der Waals surface area contributed by atoms with Crippen LogP contribution in [-0.2, 0) is 9.53 Å². The third-order valence-corrected chi connectivity index (χ3v) is 4.16. The minimum Gasteiger partial charge on any atom is -0.373 e. The lowest BCUT2D eigenvalue weighted by Gasteiger charge is -2.20. The van der Waals surface area contributed by atoms with E-state index in [1.165, 1.54) is 29.5 Å². The zero-order chi connectivity index (χ0) is 16.2. The Morgan fingerprint density at radius 3 is 2.96 bits per heavy atom. The van der Waals surface area contributed by atoms with Gasteiger partial charge in [-0.1, -0.05) is 12.1 Å². The van der Waals surface area contributed by atoms with Crippen LogP contribution >= 0.6 is 0 Å². The van der Waals surface area contributed by atoms with Crippen LogP contribution in [0.3, 0.4) is 0 Å². The Bertz CT molecular complexity index is 645. The molecule has 7 heteroatoms. The summed E-state index contributed by atoms with van der Waals surface area (Å²) in [7, 11) is 0. The number of hydrogen-bond acceptors (Lipinski definition) is 4. The molecule has 1 aliphatic rings. The molecule has 1 N–H and O–H groups in total. The molecule has 1 aliphatic heterocycles. The maximum atomic E-state index is 13.0. The van der Waals surface area contributed by atoms with E-state index in [9.17, 15) is 9.18 Å². The average Bonchev–Trinajstić information content (AvgIpc) is 3.24. The van der Waals surface area contributed by atoms with E-state index in [4.69, 9.17) is 4.74 Å². The maximum Gasteiger partial charge on any atom is 0.244 e. The number of nitrogens with one attached hydrogen (secondary N) is 1. The monoisotopic (exact) mass is 318 g/mol. The number of nitrogens with zero attached hydrogens (tertiary/aromatic N) is 3. The summed E-state index contributed by atoms with van der Waals surface area (Å²) in [5, 5.41) is 6.91. The van der Waals surface area contributed by atoms with Crippen molar-refractivity contribution in [3.05, 3.63) is 48.3 Å². The molecule has 0 spiro atoms. The highest BCUT2D eigenvalue weighted by molar-refractivity contribution is 5.79. The van der Waals surface area contributed by atoms with Gasteiger partial charge in [-0.3, -0.25) is 4.79 Å². The first-order valence-electron chi connectivity index (χ1n) is 7.64. The Labute approximate surface area is 133 Å². The Hall–Kier alpha value is -2.28. The summed E-state index contributed by atoms with van der Waals surface area (Å²) in [6.07, 6.45) is 3.67. The molecule has 1 fully saturated rings. The zero-order valence-corrected chi connectivity index (χ0v) is 12.9. The molecular formula is C16H19FN4O2. The SMILES string of the molecule is CC(C(=O)NC[C@@H]1CCO[C@H]1c1ccc(F)cc1)n1cncn1. The molecule has 0 radical (unpaired) electrons. The van der Waals surface area contributed by atoms with Crippen molar-refractivity contribution in [1.29, 1.82) is 0 Å². The zero-order valence-electron chi connectivity index (χ0n) is 12.9. The van der Waals surface area contributed by atoms with Gasteiger partial charge in [0.2, 0.25) is 5.91 Å². The summed E-state index contributed by atoms with van der Waals surface area (Å²) < 4.78 is 20.3. The maximum absolute atomic E-state index is 13.0. The molecule has 1 unspecified atom stereocenters. The molecule has 2 aromatic rings. The molecule has 122 valence electrons. The molecule has 2 heterocycles. The van der Waals surface area contributed by atoms with Gasteiger partial charge in [0, 0.05) is 19.1 Å². The number of hydrogen-bond donors (Lipinski definition) is 1. The van der Waals surface area contributed by atoms with E-state index in [0.717, 1.165) is 12.0 Å². The Balaban J connectivity index is 1.58. The quantitative estimate of drug-likeness (QED) is 0.914. The first-order chi connectivity index (χ1) is 11.1. The second kappa shape index (κ2) is 6.87. The van der Waals surface area contributed by atoms with Crippen LogP contribution in [0, 0.1) is 11.7 Å². The molecule has 1 saturated heterocycles. The van der Waals surface area contributed by atoms with Crippen LogP contribution < -0.4 is 5.32 Å². The normalized spacial score (nSPS) is 22.0. The van der Waals surface area contributed by atoms with E-state index in [-0.39, 0.29) is 23.7 Å². The lowest BCUT2D eigenvalue weighted by atomic mass is 9.95. The topological polar surface area (TPSA) is 69.0 Å². The van der Waals surface area contributed by atoms with Gasteiger partial charge in [0.05, 0.1) is 6.10 Å². The molecular weight excluding hydrogens is 299 g/mol. The first-order valence-corrected chi connectivity index (χ1v) is 7.64. The fourth-order valence-electron chi connectivity index (χ4n) is 2.78. The number of rotatable bonds is 5. The molecule has 1 aromatic heterocycles. The van der Waals surface area contributed by atoms with Gasteiger partial charge in [-0.25, -0.2) is 14.1 Å². The fourth-order valence-corrected chi connectivity index (χ4v) is 2.78. The van der Waals surface area contributed by atoms with Gasteiger partial charge >= 0.3 is 0 Å². The molecule has 1 amide bonds. The summed E-state index contributed by atoms with van der Waals surface area (Å²) in [6, 6.07) is 5.92. The van der Waals surface area contributed by atoms with Gasteiger partial charge in [-0.2, -0.15) is 5.10 Å². The molecule has 3 atom stereocenters. The highest BCUT2D eigenvalue weighted by Gasteiger charge is 2.30. The van der Waals surface area contributed by atoms with Crippen molar-refractivity contribution in [3.8, 4) is 0 Å². The van der Waals surface area contributed by atoms with Crippen molar-refractivity contribution in [2.24, 2.45) is 5.92 Å². The number of halogens is 1. The Morgan fingerprint density at radius 2 is 2.26 bits per heavy atom. The van der Waals surface area contributed by atoms with Crippen molar-refractivity contribution in [2.75, 3.05) is 13.2 Å². The van der Waals surface area contributed by atoms with E-state index in [1.54, 1.807) is 19.1 Å². The average molecular weight is 318 g/mol. The van der Waals surface area contributed by atoms with Crippen LogP contribution in [0.1, 0.15) is 31.1 Å². The second-order valence-electron chi connectivity index (χ2n) is 5.69. The smallest absolute Gasteiger partial charge is 0.244 e. The molecule has 0 aliphatic carbocycles. The van der Waals surface area contributed by atoms with Gasteiger partial charge in [0.15, 0.2) is 0 Å². The van der Waals surface area contributed by atoms with Crippen LogP contribution in [0.5, 0.6) is 0 Å². The number of benzene rings is 1. The number of carbonyl (C=O) groups excluding carboxylic acids is 1. The largest absolute Gasteiger partial charge is 0.373 e. The van der Waals surface area contributed by atoms with Gasteiger partial charge in [-0.15, -0.1) is 0 Å². The summed E-state index contributed by atoms with van der Waals surface area (Å²) in [4.78, 5) is 16.0. The predicted molar refractivity (Wildman–Crippen MR) is 80.9 cm³/mol. The second-order valence-corrected chi connectivity index (χ2v) is 5.69. The Kier molecular flexibility index (Phi) is 4.66. The summed E-state index contributed by atoms with van der Waals surface area (Å²) >= 11 is 0. The molecule has 6 nitrogen and oxygen atoms in total. The van der Waals surface area contributed by atoms with Crippen molar-refractivity contribution >= 4 is 5.91 Å². The van der Waals surface area contributed by atoms with Gasteiger partial charge in [0.1, 0.15) is 24.5 Å². The molecule has 3 rings (SSSR count). The summed E-state index contributed by atoms with van der Waals surface area (Å²) in [6.45, 7) is 2.92. The number of aromatic nitrogens is 3. The van der Waals surface area contributed by atoms with Crippen LogP contribution in [0.25, 0.3) is 0 Å². The lowest BCUT2D eigenvalue weighted by Crippen LogP contribution is -2.35. The molecule has 0 bridgehead atoms. The van der Waals surface area contributed by atoms with Crippen LogP contribution in [-0.4, -0.2) is 33.8 Å². The molecule has 0 saturated carbocycles. The third-order valence-electron chi connectivity index (χ3n) is 4.16. The highest BCUT2D eigenvalue weighted by atomic mass is 19.1. The van der Waals surface area contributed by atoms with Crippen LogP contribution in [0.15, 0.2) is 36.9 Å². The lowest BCUT2D eigenvalue weighted by molar-refractivity contribution is -0.124. The van der Waals surface area contributed by atoms with Gasteiger partial charge in [-0.05, 0) is 31.0 Å². The number of carbonyl (C=O) groups is 1. The van der Waals surface area contributed by atoms with E-state index < -0.39 is 6.04 Å². The standard InChI is InChI=1S/C16H19FN4O2/c1-11(21-10-18-9-20-21)16(22)19-8-13-6-7-23-15(13)12-2-4-14(17)5-3-12/h2-5,9-11,13,15H,6-8H2,1H3,(H,19,22)/t11?,13-,15-/m0/s1. The minimum atomic E-state index is -0.413.